The Morgan fingerprint density at radius 1 is 0.375 bits per heavy atom. The van der Waals surface area contributed by atoms with E-state index in [0.29, 0.717) is 30.3 Å². The number of aliphatic hydroxyl groups is 3. The molecule has 112 heavy (non-hydrogen) atoms. The zero-order chi connectivity index (χ0) is 77.9. The molecule has 2 aliphatic rings. The molecule has 2 aliphatic heterocycles. The minimum Gasteiger partial charge on any atom is -0.393 e. The third-order valence-electron chi connectivity index (χ3n) is 20.7. The van der Waals surface area contributed by atoms with Crippen LogP contribution in [0.25, 0.3) is 20.9 Å². The van der Waals surface area contributed by atoms with Gasteiger partial charge in [-0.2, -0.15) is 0 Å². The number of halogens is 2. The average Bonchev–Trinajstić information content (AvgIpc) is 0.893. The first kappa shape index (κ1) is 80.7. The third kappa shape index (κ3) is 18.8. The zero-order valence-electron chi connectivity index (χ0n) is 62.9. The summed E-state index contributed by atoms with van der Waals surface area (Å²) < 4.78 is 94.9. The van der Waals surface area contributed by atoms with E-state index >= 15 is 0 Å². The molecule has 0 unspecified atom stereocenters. The summed E-state index contributed by atoms with van der Waals surface area (Å²) in [5.74, 6) is -3.97. The van der Waals surface area contributed by atoms with E-state index in [-0.39, 0.29) is 51.3 Å². The van der Waals surface area contributed by atoms with Gasteiger partial charge in [-0.25, -0.2) is 8.78 Å². The Bertz CT molecular complexity index is 4910. The van der Waals surface area contributed by atoms with Crippen LogP contribution in [-0.2, 0) is 116 Å². The van der Waals surface area contributed by atoms with E-state index in [9.17, 15) is 28.9 Å². The summed E-state index contributed by atoms with van der Waals surface area (Å²) in [6.07, 6.45) is -4.14. The van der Waals surface area contributed by atoms with Crippen molar-refractivity contribution in [1.82, 2.24) is 0 Å². The smallest absolute Gasteiger partial charge is 0.225 e. The molecule has 0 bridgehead atoms. The SMILES string of the molecule is CO[C@@]1(c2ccc(C)c(Cc3ccc(-c4ccc(F)cc4)s3)c2)OC(CO)(CO)[C@@H](OCc2ccccc2)[C@H](OCc2ccccc2)[C@H]1OCc1ccccc1.CO[C@@]1(c2ccc(C)c(Cc3ccc(-c4ccc(F)cc4)s3)c2)O[C@@](C=O)(CO)[C@@H](OCc2ccccc2)[C@H](OCc2ccccc2)[C@H]1OCc1ccccc1. The van der Waals surface area contributed by atoms with Crippen LogP contribution in [-0.4, -0.2) is 103 Å². The van der Waals surface area contributed by atoms with Gasteiger partial charge in [0.05, 0.1) is 59.5 Å². The second kappa shape index (κ2) is 38.0. The van der Waals surface area contributed by atoms with Crippen LogP contribution in [0.1, 0.15) is 76.5 Å². The quantitative estimate of drug-likeness (QED) is 0.0340. The maximum absolute atomic E-state index is 13.7. The van der Waals surface area contributed by atoms with Gasteiger partial charge in [-0.05, 0) is 141 Å². The number of hydrogen-bond acceptors (Lipinski definition) is 16. The highest BCUT2D eigenvalue weighted by Crippen LogP contribution is 2.50. The van der Waals surface area contributed by atoms with Crippen molar-refractivity contribution in [2.45, 2.75) is 126 Å². The number of rotatable bonds is 32. The van der Waals surface area contributed by atoms with E-state index in [1.54, 1.807) is 54.0 Å². The molecule has 3 N–H and O–H groups in total. The number of carbonyl (C=O) groups is 1. The molecule has 2 saturated heterocycles. The van der Waals surface area contributed by atoms with Crippen LogP contribution in [0.3, 0.4) is 0 Å². The Hall–Kier alpha value is -9.39. The van der Waals surface area contributed by atoms with Crippen molar-refractivity contribution in [2.24, 2.45) is 0 Å². The highest BCUT2D eigenvalue weighted by Gasteiger charge is 2.66. The zero-order valence-corrected chi connectivity index (χ0v) is 64.6. The summed E-state index contributed by atoms with van der Waals surface area (Å²) in [7, 11) is 3.06. The van der Waals surface area contributed by atoms with Gasteiger partial charge in [0, 0.05) is 57.7 Å². The number of hydrogen-bond donors (Lipinski definition) is 3. The molecule has 0 amide bonds. The first-order valence-electron chi connectivity index (χ1n) is 37.3. The largest absolute Gasteiger partial charge is 0.393 e. The summed E-state index contributed by atoms with van der Waals surface area (Å²) >= 11 is 3.29. The first-order chi connectivity index (χ1) is 54.7. The Morgan fingerprint density at radius 3 is 1.03 bits per heavy atom. The molecule has 4 heterocycles. The van der Waals surface area contributed by atoms with Gasteiger partial charge in [-0.15, -0.1) is 22.7 Å². The van der Waals surface area contributed by atoms with Gasteiger partial charge in [0.15, 0.2) is 11.9 Å². The van der Waals surface area contributed by atoms with Crippen molar-refractivity contribution in [3.8, 4) is 20.9 Å². The lowest BCUT2D eigenvalue weighted by Gasteiger charge is -2.56. The monoisotopic (exact) mass is 1550 g/mol. The molecule has 0 saturated carbocycles. The predicted octanol–water partition coefficient (Wildman–Crippen LogP) is 17.7. The van der Waals surface area contributed by atoms with Gasteiger partial charge < -0.3 is 62.7 Å². The lowest BCUT2D eigenvalue weighted by atomic mass is 9.80. The van der Waals surface area contributed by atoms with Crippen molar-refractivity contribution in [1.29, 1.82) is 0 Å². The number of thiophene rings is 2. The summed E-state index contributed by atoms with van der Waals surface area (Å²) in [5, 5.41) is 33.7. The molecule has 14 rings (SSSR count). The summed E-state index contributed by atoms with van der Waals surface area (Å²) in [6, 6.07) is 91.6. The van der Waals surface area contributed by atoms with Crippen LogP contribution in [0.15, 0.2) is 291 Å². The maximum atomic E-state index is 13.7. The van der Waals surface area contributed by atoms with Crippen LogP contribution < -0.4 is 0 Å². The molecule has 0 radical (unpaired) electrons. The lowest BCUT2D eigenvalue weighted by molar-refractivity contribution is -0.417. The van der Waals surface area contributed by atoms with E-state index in [1.165, 1.54) is 31.4 Å². The normalized spacial score (nSPS) is 21.4. The molecular weight excluding hydrogens is 1460 g/mol. The molecule has 0 spiro atoms. The van der Waals surface area contributed by atoms with E-state index in [4.69, 9.17) is 47.4 Å². The van der Waals surface area contributed by atoms with Gasteiger partial charge in [0.2, 0.25) is 11.6 Å². The van der Waals surface area contributed by atoms with Crippen molar-refractivity contribution >= 4 is 29.0 Å². The van der Waals surface area contributed by atoms with E-state index in [1.807, 2.05) is 231 Å². The topological polar surface area (TPSA) is 170 Å². The molecular formula is C94H92F2O14S2. The molecule has 2 fully saturated rings. The number of aliphatic hydroxyl groups excluding tert-OH is 3. The molecule has 12 aromatic rings. The van der Waals surface area contributed by atoms with Crippen LogP contribution in [0.4, 0.5) is 8.78 Å². The maximum Gasteiger partial charge on any atom is 0.225 e. The van der Waals surface area contributed by atoms with Gasteiger partial charge >= 0.3 is 0 Å². The van der Waals surface area contributed by atoms with Crippen LogP contribution in [0.2, 0.25) is 0 Å². The number of aldehydes is 1. The molecule has 0 aliphatic carbocycles. The molecule has 9 atom stereocenters. The van der Waals surface area contributed by atoms with Gasteiger partial charge in [-0.3, -0.25) is 4.79 Å². The summed E-state index contributed by atoms with van der Waals surface area (Å²) in [4.78, 5) is 17.7. The van der Waals surface area contributed by atoms with Crippen LogP contribution >= 0.6 is 22.7 Å². The number of aryl methyl sites for hydroxylation is 2. The highest BCUT2D eigenvalue weighted by molar-refractivity contribution is 7.15. The highest BCUT2D eigenvalue weighted by atomic mass is 32.1. The average molecular weight is 1550 g/mol. The van der Waals surface area contributed by atoms with Gasteiger partial charge in [0.25, 0.3) is 0 Å². The number of methoxy groups -OCH3 is 2. The molecule has 578 valence electrons. The van der Waals surface area contributed by atoms with E-state index in [0.717, 1.165) is 86.3 Å². The summed E-state index contributed by atoms with van der Waals surface area (Å²) in [5.41, 5.74) is 9.11. The van der Waals surface area contributed by atoms with Crippen molar-refractivity contribution < 1.29 is 76.3 Å². The lowest BCUT2D eigenvalue weighted by Crippen LogP contribution is -2.72. The molecule has 18 heteroatoms. The number of carbonyl (C=O) groups excluding carboxylic acids is 1. The van der Waals surface area contributed by atoms with E-state index in [2.05, 4.69) is 25.1 Å². The molecule has 14 nitrogen and oxygen atoms in total. The fraction of sp³-hybridized carbons (Fsp3) is 0.266. The second-order valence-corrected chi connectivity index (χ2v) is 30.5. The Kier molecular flexibility index (Phi) is 27.3. The first-order valence-corrected chi connectivity index (χ1v) is 39.0. The minimum absolute atomic E-state index is 0.121. The van der Waals surface area contributed by atoms with Crippen molar-refractivity contribution in [3.05, 3.63) is 379 Å². The Labute approximate surface area is 661 Å². The van der Waals surface area contributed by atoms with Gasteiger partial charge in [-0.1, -0.05) is 231 Å². The van der Waals surface area contributed by atoms with Crippen molar-refractivity contribution in [2.75, 3.05) is 34.0 Å². The predicted molar refractivity (Wildman–Crippen MR) is 430 cm³/mol. The van der Waals surface area contributed by atoms with Crippen LogP contribution in [0.5, 0.6) is 0 Å². The standard InChI is InChI=1S/C47H47FO7S.C47H45FO7S/c2*1-33-18-21-39(26-38(33)27-41-24-25-42(56-41)37-19-22-40(48)23-20-37)47(51-2)45(54-30-36-16-10-5-11-17-36)43(52-28-34-12-6-3-7-13-34)44(46(31-49,32-50)55-47)53-29-35-14-8-4-9-15-35/h3-26,43-45,49-50H,27-32H2,1-2H3;3-26,31,43-45,50H,27-30,32H2,1-2H3/t43-,44-,45+,47-;43-,44-,45+,46-,47-/m00/s1. The second-order valence-electron chi connectivity index (χ2n) is 28.1. The molecule has 2 aromatic heterocycles. The van der Waals surface area contributed by atoms with Crippen LogP contribution in [0, 0.1) is 25.5 Å². The van der Waals surface area contributed by atoms with Crippen molar-refractivity contribution in [3.63, 3.8) is 0 Å². The number of benzene rings is 10. The fourth-order valence-electron chi connectivity index (χ4n) is 14.5. The van der Waals surface area contributed by atoms with E-state index < -0.39 is 79.2 Å². The van der Waals surface area contributed by atoms with Gasteiger partial charge in [0.1, 0.15) is 53.9 Å². The Morgan fingerprint density at radius 2 is 0.696 bits per heavy atom. The summed E-state index contributed by atoms with van der Waals surface area (Å²) in [6.45, 7) is 3.22. The fourth-order valence-corrected chi connectivity index (χ4v) is 16.6. The minimum atomic E-state index is -1.92. The third-order valence-corrected chi connectivity index (χ3v) is 23.0. The number of ether oxygens (including phenoxy) is 10. The molecule has 10 aromatic carbocycles. The Balaban J connectivity index is 0.000000196.